The molecule has 118 valence electrons. The largest absolute Gasteiger partial charge is 0.481 e. The van der Waals surface area contributed by atoms with E-state index in [9.17, 15) is 0 Å². The van der Waals surface area contributed by atoms with E-state index in [1.165, 1.54) is 4.70 Å². The molecule has 1 fully saturated rings. The van der Waals surface area contributed by atoms with Gasteiger partial charge in [-0.1, -0.05) is 23.5 Å². The molecule has 0 amide bonds. The second kappa shape index (κ2) is 6.00. The molecule has 2 aromatic heterocycles. The SMILES string of the molecule is COc1ccnc(N2CCN(c3nc4ccccc4s3)CC2)n1. The molecule has 0 saturated carbocycles. The molecule has 3 heterocycles. The van der Waals surface area contributed by atoms with Gasteiger partial charge in [0.25, 0.3) is 0 Å². The predicted molar refractivity (Wildman–Crippen MR) is 92.6 cm³/mol. The van der Waals surface area contributed by atoms with Gasteiger partial charge in [-0.2, -0.15) is 4.98 Å². The molecule has 0 unspecified atom stereocenters. The summed E-state index contributed by atoms with van der Waals surface area (Å²) in [5.41, 5.74) is 1.08. The van der Waals surface area contributed by atoms with Crippen molar-refractivity contribution in [3.8, 4) is 5.88 Å². The molecular formula is C16H17N5OS. The Labute approximate surface area is 138 Å². The van der Waals surface area contributed by atoms with Crippen LogP contribution in [0.15, 0.2) is 36.5 Å². The summed E-state index contributed by atoms with van der Waals surface area (Å²) in [5.74, 6) is 1.33. The third-order valence-electron chi connectivity index (χ3n) is 3.94. The molecule has 4 rings (SSSR count). The molecule has 0 atom stereocenters. The Morgan fingerprint density at radius 3 is 2.57 bits per heavy atom. The molecule has 0 spiro atoms. The van der Waals surface area contributed by atoms with Crippen LogP contribution in [-0.2, 0) is 0 Å². The third-order valence-corrected chi connectivity index (χ3v) is 5.04. The van der Waals surface area contributed by atoms with Crippen molar-refractivity contribution in [1.82, 2.24) is 15.0 Å². The number of anilines is 2. The lowest BCUT2D eigenvalue weighted by Crippen LogP contribution is -2.47. The van der Waals surface area contributed by atoms with Crippen LogP contribution in [0.2, 0.25) is 0 Å². The van der Waals surface area contributed by atoms with Gasteiger partial charge >= 0.3 is 0 Å². The average molecular weight is 327 g/mol. The summed E-state index contributed by atoms with van der Waals surface area (Å²) in [5, 5.41) is 1.09. The van der Waals surface area contributed by atoms with Crippen LogP contribution >= 0.6 is 11.3 Å². The first kappa shape index (κ1) is 14.2. The number of methoxy groups -OCH3 is 1. The molecule has 0 aliphatic carbocycles. The van der Waals surface area contributed by atoms with E-state index < -0.39 is 0 Å². The van der Waals surface area contributed by atoms with Crippen LogP contribution in [0.3, 0.4) is 0 Å². The summed E-state index contributed by atoms with van der Waals surface area (Å²) in [6.45, 7) is 3.59. The number of aromatic nitrogens is 3. The molecule has 1 saturated heterocycles. The number of rotatable bonds is 3. The molecule has 23 heavy (non-hydrogen) atoms. The number of para-hydroxylation sites is 1. The number of thiazole rings is 1. The summed E-state index contributed by atoms with van der Waals surface area (Å²) in [4.78, 5) is 18.0. The van der Waals surface area contributed by atoms with Crippen molar-refractivity contribution in [2.75, 3.05) is 43.1 Å². The quantitative estimate of drug-likeness (QED) is 0.736. The number of ether oxygens (including phenoxy) is 1. The maximum atomic E-state index is 5.17. The fourth-order valence-electron chi connectivity index (χ4n) is 2.69. The zero-order valence-corrected chi connectivity index (χ0v) is 13.7. The summed E-state index contributed by atoms with van der Waals surface area (Å²) in [7, 11) is 1.62. The van der Waals surface area contributed by atoms with Gasteiger partial charge in [0.05, 0.1) is 17.3 Å². The molecule has 3 aromatic rings. The summed E-state index contributed by atoms with van der Waals surface area (Å²) < 4.78 is 6.41. The highest BCUT2D eigenvalue weighted by molar-refractivity contribution is 7.22. The van der Waals surface area contributed by atoms with Crippen LogP contribution in [0.25, 0.3) is 10.2 Å². The van der Waals surface area contributed by atoms with Crippen LogP contribution in [0.5, 0.6) is 5.88 Å². The van der Waals surface area contributed by atoms with Crippen LogP contribution in [-0.4, -0.2) is 48.2 Å². The van der Waals surface area contributed by atoms with Gasteiger partial charge in [0, 0.05) is 38.4 Å². The second-order valence-electron chi connectivity index (χ2n) is 5.34. The number of fused-ring (bicyclic) bond motifs is 1. The Hall–Kier alpha value is -2.41. The van der Waals surface area contributed by atoms with Crippen LogP contribution in [0.4, 0.5) is 11.1 Å². The second-order valence-corrected chi connectivity index (χ2v) is 6.35. The fourth-order valence-corrected chi connectivity index (χ4v) is 3.71. The molecule has 6 nitrogen and oxygen atoms in total. The Morgan fingerprint density at radius 1 is 1.00 bits per heavy atom. The number of piperazine rings is 1. The third kappa shape index (κ3) is 2.79. The molecule has 0 radical (unpaired) electrons. The molecule has 0 N–H and O–H groups in total. The van der Waals surface area contributed by atoms with Crippen LogP contribution < -0.4 is 14.5 Å². The molecule has 1 aliphatic rings. The average Bonchev–Trinajstić information content (AvgIpc) is 3.06. The maximum Gasteiger partial charge on any atom is 0.228 e. The Balaban J connectivity index is 1.48. The maximum absolute atomic E-state index is 5.17. The lowest BCUT2D eigenvalue weighted by Gasteiger charge is -2.34. The summed E-state index contributed by atoms with van der Waals surface area (Å²) >= 11 is 1.75. The number of nitrogens with zero attached hydrogens (tertiary/aromatic N) is 5. The minimum Gasteiger partial charge on any atom is -0.481 e. The van der Waals surface area contributed by atoms with E-state index in [2.05, 4.69) is 38.0 Å². The van der Waals surface area contributed by atoms with E-state index >= 15 is 0 Å². The van der Waals surface area contributed by atoms with Crippen molar-refractivity contribution in [3.05, 3.63) is 36.5 Å². The lowest BCUT2D eigenvalue weighted by atomic mass is 10.3. The number of hydrogen-bond donors (Lipinski definition) is 0. The normalized spacial score (nSPS) is 15.2. The van der Waals surface area contributed by atoms with Crippen molar-refractivity contribution >= 4 is 32.6 Å². The van der Waals surface area contributed by atoms with Crippen molar-refractivity contribution in [2.45, 2.75) is 0 Å². The van der Waals surface area contributed by atoms with E-state index in [1.54, 1.807) is 30.7 Å². The minimum atomic E-state index is 0.601. The van der Waals surface area contributed by atoms with E-state index in [4.69, 9.17) is 9.72 Å². The zero-order chi connectivity index (χ0) is 15.6. The van der Waals surface area contributed by atoms with Gasteiger partial charge < -0.3 is 14.5 Å². The Morgan fingerprint density at radius 2 is 1.78 bits per heavy atom. The summed E-state index contributed by atoms with van der Waals surface area (Å²) in [6, 6.07) is 10.0. The van der Waals surface area contributed by atoms with E-state index in [1.807, 2.05) is 6.07 Å². The standard InChI is InChI=1S/C16H17N5OS/c1-22-14-6-7-17-15(19-14)20-8-10-21(11-9-20)16-18-12-4-2-3-5-13(12)23-16/h2-7H,8-11H2,1H3. The first-order valence-corrected chi connectivity index (χ1v) is 8.37. The van der Waals surface area contributed by atoms with Gasteiger partial charge in [-0.15, -0.1) is 0 Å². The van der Waals surface area contributed by atoms with Crippen molar-refractivity contribution in [3.63, 3.8) is 0 Å². The van der Waals surface area contributed by atoms with E-state index in [-0.39, 0.29) is 0 Å². The van der Waals surface area contributed by atoms with Gasteiger partial charge in [-0.05, 0) is 12.1 Å². The van der Waals surface area contributed by atoms with Crippen molar-refractivity contribution in [1.29, 1.82) is 0 Å². The number of hydrogen-bond acceptors (Lipinski definition) is 7. The van der Waals surface area contributed by atoms with Gasteiger partial charge in [-0.25, -0.2) is 9.97 Å². The van der Waals surface area contributed by atoms with Gasteiger partial charge in [0.15, 0.2) is 5.13 Å². The number of benzene rings is 1. The van der Waals surface area contributed by atoms with Crippen LogP contribution in [0, 0.1) is 0 Å². The zero-order valence-electron chi connectivity index (χ0n) is 12.8. The van der Waals surface area contributed by atoms with Gasteiger partial charge in [0.2, 0.25) is 11.8 Å². The predicted octanol–water partition coefficient (Wildman–Crippen LogP) is 2.42. The van der Waals surface area contributed by atoms with Gasteiger partial charge in [0.1, 0.15) is 0 Å². The Bertz CT molecular complexity index is 780. The molecule has 1 aromatic carbocycles. The van der Waals surface area contributed by atoms with Crippen LogP contribution in [0.1, 0.15) is 0 Å². The first-order valence-electron chi connectivity index (χ1n) is 7.56. The Kier molecular flexibility index (Phi) is 3.70. The highest BCUT2D eigenvalue weighted by Gasteiger charge is 2.21. The topological polar surface area (TPSA) is 54.4 Å². The minimum absolute atomic E-state index is 0.601. The molecule has 1 aliphatic heterocycles. The summed E-state index contributed by atoms with van der Waals surface area (Å²) in [6.07, 6.45) is 1.74. The highest BCUT2D eigenvalue weighted by Crippen LogP contribution is 2.29. The monoisotopic (exact) mass is 327 g/mol. The molecule has 0 bridgehead atoms. The van der Waals surface area contributed by atoms with Gasteiger partial charge in [-0.3, -0.25) is 0 Å². The highest BCUT2D eigenvalue weighted by atomic mass is 32.1. The molecule has 7 heteroatoms. The lowest BCUT2D eigenvalue weighted by molar-refractivity contribution is 0.396. The smallest absolute Gasteiger partial charge is 0.228 e. The molecular weight excluding hydrogens is 310 g/mol. The first-order chi connectivity index (χ1) is 11.3. The van der Waals surface area contributed by atoms with E-state index in [0.29, 0.717) is 5.88 Å². The van der Waals surface area contributed by atoms with E-state index in [0.717, 1.165) is 42.8 Å². The van der Waals surface area contributed by atoms with Crippen molar-refractivity contribution < 1.29 is 4.74 Å². The fraction of sp³-hybridized carbons (Fsp3) is 0.312. The van der Waals surface area contributed by atoms with Crippen molar-refractivity contribution in [2.24, 2.45) is 0 Å².